The van der Waals surface area contributed by atoms with Crippen LogP contribution in [-0.2, 0) is 28.6 Å². The van der Waals surface area contributed by atoms with Gasteiger partial charge in [-0.25, -0.2) is 0 Å². The molecule has 6 nitrogen and oxygen atoms in total. The normalized spacial score (nSPS) is 12.7. The first-order chi connectivity index (χ1) is 31.5. The van der Waals surface area contributed by atoms with E-state index in [0.29, 0.717) is 19.3 Å². The Labute approximate surface area is 395 Å². The van der Waals surface area contributed by atoms with Gasteiger partial charge in [0.05, 0.1) is 0 Å². The average Bonchev–Trinajstić information content (AvgIpc) is 3.29. The maximum atomic E-state index is 12.8. The fourth-order valence-corrected chi connectivity index (χ4v) is 7.26. The topological polar surface area (TPSA) is 78.9 Å². The van der Waals surface area contributed by atoms with Gasteiger partial charge in [-0.3, -0.25) is 14.4 Å². The van der Waals surface area contributed by atoms with E-state index in [1.807, 2.05) is 0 Å². The van der Waals surface area contributed by atoms with Crippen molar-refractivity contribution >= 4 is 17.9 Å². The van der Waals surface area contributed by atoms with Crippen LogP contribution >= 0.6 is 0 Å². The Morgan fingerprint density at radius 2 is 0.625 bits per heavy atom. The van der Waals surface area contributed by atoms with E-state index in [4.69, 9.17) is 14.2 Å². The number of allylic oxidation sites excluding steroid dienone is 14. The number of ether oxygens (including phenoxy) is 3. The second-order valence-electron chi connectivity index (χ2n) is 17.5. The summed E-state index contributed by atoms with van der Waals surface area (Å²) in [5.41, 5.74) is 0. The van der Waals surface area contributed by atoms with Crippen molar-refractivity contribution in [2.45, 2.75) is 252 Å². The number of rotatable bonds is 47. The molecule has 1 unspecified atom stereocenters. The van der Waals surface area contributed by atoms with Gasteiger partial charge in [-0.05, 0) is 83.5 Å². The van der Waals surface area contributed by atoms with E-state index in [1.54, 1.807) is 0 Å². The minimum absolute atomic E-state index is 0.0901. The van der Waals surface area contributed by atoms with Gasteiger partial charge < -0.3 is 14.2 Å². The molecule has 0 saturated heterocycles. The zero-order valence-electron chi connectivity index (χ0n) is 41.8. The van der Waals surface area contributed by atoms with E-state index in [2.05, 4.69) is 106 Å². The van der Waals surface area contributed by atoms with Crippen molar-refractivity contribution in [1.29, 1.82) is 0 Å². The van der Waals surface area contributed by atoms with Crippen LogP contribution in [0.2, 0.25) is 0 Å². The van der Waals surface area contributed by atoms with E-state index < -0.39 is 6.10 Å². The third kappa shape index (κ3) is 49.6. The van der Waals surface area contributed by atoms with Crippen molar-refractivity contribution in [2.24, 2.45) is 0 Å². The van der Waals surface area contributed by atoms with E-state index >= 15 is 0 Å². The summed E-state index contributed by atoms with van der Waals surface area (Å²) in [6.45, 7) is 6.35. The first-order valence-corrected chi connectivity index (χ1v) is 26.7. The fraction of sp³-hybridized carbons (Fsp3) is 0.707. The van der Waals surface area contributed by atoms with E-state index in [9.17, 15) is 14.4 Å². The van der Waals surface area contributed by atoms with Crippen molar-refractivity contribution in [3.05, 3.63) is 85.1 Å². The molecule has 366 valence electrons. The molecule has 0 N–H and O–H groups in total. The molecular weight excluding hydrogens is 793 g/mol. The number of carbonyl (C=O) groups excluding carboxylic acids is 3. The smallest absolute Gasteiger partial charge is 0.306 e. The van der Waals surface area contributed by atoms with Gasteiger partial charge in [0.2, 0.25) is 0 Å². The zero-order valence-corrected chi connectivity index (χ0v) is 41.8. The van der Waals surface area contributed by atoms with Gasteiger partial charge in [-0.1, -0.05) is 228 Å². The Morgan fingerprint density at radius 3 is 0.984 bits per heavy atom. The van der Waals surface area contributed by atoms with Crippen molar-refractivity contribution in [3.8, 4) is 0 Å². The molecule has 0 amide bonds. The molecule has 0 aliphatic carbocycles. The quantitative estimate of drug-likeness (QED) is 0.0199. The van der Waals surface area contributed by atoms with Crippen LogP contribution in [0.5, 0.6) is 0 Å². The van der Waals surface area contributed by atoms with Crippen LogP contribution in [0.4, 0.5) is 0 Å². The molecule has 64 heavy (non-hydrogen) atoms. The molecule has 0 aliphatic heterocycles. The first kappa shape index (κ1) is 60.6. The van der Waals surface area contributed by atoms with E-state index in [0.717, 1.165) is 89.9 Å². The molecule has 0 spiro atoms. The summed E-state index contributed by atoms with van der Waals surface area (Å²) in [7, 11) is 0. The Bertz CT molecular complexity index is 1250. The molecule has 0 rings (SSSR count). The highest BCUT2D eigenvalue weighted by Crippen LogP contribution is 2.15. The van der Waals surface area contributed by atoms with Crippen LogP contribution in [0.25, 0.3) is 0 Å². The van der Waals surface area contributed by atoms with Crippen LogP contribution in [0.1, 0.15) is 245 Å². The van der Waals surface area contributed by atoms with Crippen LogP contribution in [0.15, 0.2) is 85.1 Å². The number of carbonyl (C=O) groups is 3. The van der Waals surface area contributed by atoms with Gasteiger partial charge in [0, 0.05) is 19.3 Å². The van der Waals surface area contributed by atoms with Gasteiger partial charge in [-0.15, -0.1) is 0 Å². The predicted octanol–water partition coefficient (Wildman–Crippen LogP) is 17.6. The summed E-state index contributed by atoms with van der Waals surface area (Å²) in [5.74, 6) is -0.921. The lowest BCUT2D eigenvalue weighted by atomic mass is 10.1. The molecule has 0 aromatic rings. The SMILES string of the molecule is CC\C=C/C=C\C=C/CCCCCCCCCC(=O)OCC(COC(=O)CCCCCCC/C=C\CCCCCCCCC)OC(=O)CCCCCCCCC\C=C/C=C\C=C/CC. The predicted molar refractivity (Wildman–Crippen MR) is 274 cm³/mol. The summed E-state index contributed by atoms with van der Waals surface area (Å²) in [6, 6.07) is 0. The van der Waals surface area contributed by atoms with Gasteiger partial charge in [-0.2, -0.15) is 0 Å². The number of hydrogen-bond donors (Lipinski definition) is 0. The Hall–Kier alpha value is -3.41. The molecule has 6 heteroatoms. The van der Waals surface area contributed by atoms with E-state index in [-0.39, 0.29) is 31.1 Å². The van der Waals surface area contributed by atoms with Crippen LogP contribution in [0, 0.1) is 0 Å². The van der Waals surface area contributed by atoms with Crippen molar-refractivity contribution in [1.82, 2.24) is 0 Å². The largest absolute Gasteiger partial charge is 0.462 e. The van der Waals surface area contributed by atoms with Gasteiger partial charge >= 0.3 is 17.9 Å². The van der Waals surface area contributed by atoms with Crippen LogP contribution < -0.4 is 0 Å². The summed E-state index contributed by atoms with van der Waals surface area (Å²) in [6.07, 6.45) is 67.0. The Morgan fingerprint density at radius 1 is 0.328 bits per heavy atom. The van der Waals surface area contributed by atoms with Crippen molar-refractivity contribution in [3.63, 3.8) is 0 Å². The van der Waals surface area contributed by atoms with Crippen molar-refractivity contribution < 1.29 is 28.6 Å². The number of hydrogen-bond acceptors (Lipinski definition) is 6. The second-order valence-corrected chi connectivity index (χ2v) is 17.5. The second kappa shape index (κ2) is 52.2. The lowest BCUT2D eigenvalue weighted by Gasteiger charge is -2.18. The molecule has 1 atom stereocenters. The molecule has 0 aromatic carbocycles. The summed E-state index contributed by atoms with van der Waals surface area (Å²) in [5, 5.41) is 0. The lowest BCUT2D eigenvalue weighted by Crippen LogP contribution is -2.30. The fourth-order valence-electron chi connectivity index (χ4n) is 7.26. The lowest BCUT2D eigenvalue weighted by molar-refractivity contribution is -0.167. The third-order valence-corrected chi connectivity index (χ3v) is 11.2. The molecule has 0 aliphatic rings. The maximum Gasteiger partial charge on any atom is 0.306 e. The molecule has 0 saturated carbocycles. The Kier molecular flexibility index (Phi) is 49.4. The maximum absolute atomic E-state index is 12.8. The molecule has 0 fully saturated rings. The molecule has 0 aromatic heterocycles. The summed E-state index contributed by atoms with van der Waals surface area (Å²) < 4.78 is 16.8. The first-order valence-electron chi connectivity index (χ1n) is 26.7. The van der Waals surface area contributed by atoms with Gasteiger partial charge in [0.1, 0.15) is 13.2 Å². The highest BCUT2D eigenvalue weighted by molar-refractivity contribution is 5.71. The monoisotopic (exact) mass is 891 g/mol. The van der Waals surface area contributed by atoms with Crippen molar-refractivity contribution in [2.75, 3.05) is 13.2 Å². The summed E-state index contributed by atoms with van der Waals surface area (Å²) in [4.78, 5) is 38.0. The molecule has 0 radical (unpaired) electrons. The molecule has 0 bridgehead atoms. The van der Waals surface area contributed by atoms with Crippen LogP contribution in [0.3, 0.4) is 0 Å². The van der Waals surface area contributed by atoms with E-state index in [1.165, 1.54) is 116 Å². The average molecular weight is 891 g/mol. The van der Waals surface area contributed by atoms with Crippen LogP contribution in [-0.4, -0.2) is 37.2 Å². The zero-order chi connectivity index (χ0) is 46.5. The highest BCUT2D eigenvalue weighted by atomic mass is 16.6. The summed E-state index contributed by atoms with van der Waals surface area (Å²) >= 11 is 0. The number of esters is 3. The Balaban J connectivity index is 4.43. The number of unbranched alkanes of at least 4 members (excludes halogenated alkanes) is 26. The highest BCUT2D eigenvalue weighted by Gasteiger charge is 2.19. The molecular formula is C58H98O6. The standard InChI is InChI=1S/C58H98O6/c1-4-7-10-13-16-19-22-25-28-31-33-36-39-42-45-48-51-57(60)63-54-55(64-58(61)52-49-46-43-40-37-34-30-27-24-21-18-15-12-9-6-3)53-62-56(59)50-47-44-41-38-35-32-29-26-23-20-17-14-11-8-5-2/h8-9,11-12,14-15,17-18,20-21,23-24,28,31,55H,4-7,10,13,16,19,22,25-27,29-30,32-54H2,1-3H3/b11-8-,12-9-,17-14-,18-15-,23-20-,24-21-,31-28-. The van der Waals surface area contributed by atoms with Gasteiger partial charge in [0.15, 0.2) is 6.10 Å². The van der Waals surface area contributed by atoms with Gasteiger partial charge in [0.25, 0.3) is 0 Å². The minimum atomic E-state index is -0.791. The molecule has 0 heterocycles. The third-order valence-electron chi connectivity index (χ3n) is 11.2. The minimum Gasteiger partial charge on any atom is -0.462 e.